The Hall–Kier alpha value is -1.15. The molecule has 1 aromatic carbocycles. The summed E-state index contributed by atoms with van der Waals surface area (Å²) in [5.74, 6) is -0.568. The van der Waals surface area contributed by atoms with Crippen molar-refractivity contribution in [3.63, 3.8) is 0 Å². The van der Waals surface area contributed by atoms with Gasteiger partial charge in [-0.15, -0.1) is 0 Å². The van der Waals surface area contributed by atoms with E-state index in [0.29, 0.717) is 44.8 Å². The highest BCUT2D eigenvalue weighted by Crippen LogP contribution is 2.33. The molecule has 0 atom stereocenters. The third kappa shape index (κ3) is 2.42. The highest BCUT2D eigenvalue weighted by molar-refractivity contribution is 7.89. The Labute approximate surface area is 118 Å². The van der Waals surface area contributed by atoms with Crippen LogP contribution in [0.5, 0.6) is 0 Å². The van der Waals surface area contributed by atoms with Crippen LogP contribution in [0, 0.1) is 0 Å². The van der Waals surface area contributed by atoms with Gasteiger partial charge in [-0.05, 0) is 18.2 Å². The molecule has 3 rings (SSSR count). The number of sulfonamides is 1. The van der Waals surface area contributed by atoms with E-state index in [1.807, 2.05) is 0 Å². The van der Waals surface area contributed by atoms with Crippen molar-refractivity contribution in [1.82, 2.24) is 4.31 Å². The Morgan fingerprint density at radius 2 is 1.80 bits per heavy atom. The molecule has 0 aromatic heterocycles. The Balaban J connectivity index is 1.77. The summed E-state index contributed by atoms with van der Waals surface area (Å²) in [7, 11) is -3.49. The lowest BCUT2D eigenvalue weighted by Gasteiger charge is -2.36. The van der Waals surface area contributed by atoms with Gasteiger partial charge in [-0.3, -0.25) is 0 Å². The Kier molecular flexibility index (Phi) is 3.45. The average molecular weight is 298 g/mol. The molecule has 2 N–H and O–H groups in total. The van der Waals surface area contributed by atoms with E-state index in [0.717, 1.165) is 0 Å². The van der Waals surface area contributed by atoms with Gasteiger partial charge in [0.1, 0.15) is 0 Å². The predicted molar refractivity (Wildman–Crippen MR) is 73.5 cm³/mol. The van der Waals surface area contributed by atoms with Crippen LogP contribution >= 0.6 is 0 Å². The Bertz CT molecular complexity index is 586. The molecule has 0 radical (unpaired) electrons. The van der Waals surface area contributed by atoms with Gasteiger partial charge in [0.15, 0.2) is 5.79 Å². The second kappa shape index (κ2) is 5.00. The van der Waals surface area contributed by atoms with Gasteiger partial charge in [-0.1, -0.05) is 6.07 Å². The van der Waals surface area contributed by atoms with Gasteiger partial charge >= 0.3 is 0 Å². The van der Waals surface area contributed by atoms with Gasteiger partial charge in [0.25, 0.3) is 0 Å². The molecule has 1 spiro atoms. The molecule has 6 nitrogen and oxygen atoms in total. The fourth-order valence-corrected chi connectivity index (χ4v) is 4.17. The number of hydrogen-bond acceptors (Lipinski definition) is 5. The molecule has 7 heteroatoms. The van der Waals surface area contributed by atoms with Crippen molar-refractivity contribution in [2.75, 3.05) is 32.0 Å². The van der Waals surface area contributed by atoms with Gasteiger partial charge in [-0.25, -0.2) is 8.42 Å². The molecule has 0 saturated carbocycles. The summed E-state index contributed by atoms with van der Waals surface area (Å²) in [5, 5.41) is 0. The standard InChI is InChI=1S/C13H18N2O4S/c14-11-2-1-3-12(10-11)20(16,17)15-6-4-13(5-7-15)18-8-9-19-13/h1-3,10H,4-9,14H2. The van der Waals surface area contributed by atoms with Crippen LogP contribution in [0.2, 0.25) is 0 Å². The molecular formula is C13H18N2O4S. The van der Waals surface area contributed by atoms with Crippen molar-refractivity contribution in [2.24, 2.45) is 0 Å². The van der Waals surface area contributed by atoms with E-state index in [9.17, 15) is 8.42 Å². The number of anilines is 1. The van der Waals surface area contributed by atoms with E-state index in [4.69, 9.17) is 15.2 Å². The monoisotopic (exact) mass is 298 g/mol. The third-order valence-electron chi connectivity index (χ3n) is 3.79. The minimum Gasteiger partial charge on any atom is -0.399 e. The minimum absolute atomic E-state index is 0.238. The first-order valence-corrected chi connectivity index (χ1v) is 8.10. The van der Waals surface area contributed by atoms with E-state index >= 15 is 0 Å². The maximum atomic E-state index is 12.5. The number of piperidine rings is 1. The summed E-state index contributed by atoms with van der Waals surface area (Å²) in [6.07, 6.45) is 1.13. The molecule has 1 aromatic rings. The number of nitrogens with zero attached hydrogens (tertiary/aromatic N) is 1. The molecule has 2 aliphatic heterocycles. The topological polar surface area (TPSA) is 81.9 Å². The fourth-order valence-electron chi connectivity index (χ4n) is 2.68. The summed E-state index contributed by atoms with van der Waals surface area (Å²) < 4.78 is 37.7. The van der Waals surface area contributed by atoms with Crippen LogP contribution in [0.15, 0.2) is 29.2 Å². The molecule has 2 saturated heterocycles. The predicted octanol–water partition coefficient (Wildman–Crippen LogP) is 0.796. The second-order valence-corrected chi connectivity index (χ2v) is 7.02. The minimum atomic E-state index is -3.49. The van der Waals surface area contributed by atoms with Gasteiger partial charge in [0, 0.05) is 31.6 Å². The number of ether oxygens (including phenoxy) is 2. The van der Waals surface area contributed by atoms with E-state index < -0.39 is 15.8 Å². The fraction of sp³-hybridized carbons (Fsp3) is 0.538. The van der Waals surface area contributed by atoms with E-state index in [1.165, 1.54) is 10.4 Å². The van der Waals surface area contributed by atoms with Crippen LogP contribution in [0.3, 0.4) is 0 Å². The highest BCUT2D eigenvalue weighted by Gasteiger charge is 2.42. The summed E-state index contributed by atoms with van der Waals surface area (Å²) in [4.78, 5) is 0.238. The first-order chi connectivity index (χ1) is 9.52. The molecular weight excluding hydrogens is 280 g/mol. The van der Waals surface area contributed by atoms with Crippen LogP contribution in [0.1, 0.15) is 12.8 Å². The lowest BCUT2D eigenvalue weighted by molar-refractivity contribution is -0.179. The summed E-state index contributed by atoms with van der Waals surface area (Å²) in [6, 6.07) is 6.38. The number of benzene rings is 1. The smallest absolute Gasteiger partial charge is 0.243 e. The van der Waals surface area contributed by atoms with Crippen LogP contribution in [-0.2, 0) is 19.5 Å². The van der Waals surface area contributed by atoms with Crippen molar-refractivity contribution in [3.8, 4) is 0 Å². The Morgan fingerprint density at radius 1 is 1.15 bits per heavy atom. The van der Waals surface area contributed by atoms with Crippen molar-refractivity contribution in [3.05, 3.63) is 24.3 Å². The van der Waals surface area contributed by atoms with Gasteiger partial charge in [0.05, 0.1) is 18.1 Å². The average Bonchev–Trinajstić information content (AvgIpc) is 2.87. The molecule has 0 amide bonds. The zero-order valence-electron chi connectivity index (χ0n) is 11.1. The number of hydrogen-bond donors (Lipinski definition) is 1. The van der Waals surface area contributed by atoms with Crippen molar-refractivity contribution in [2.45, 2.75) is 23.5 Å². The molecule has 2 fully saturated rings. The number of nitrogen functional groups attached to an aromatic ring is 1. The lowest BCUT2D eigenvalue weighted by Crippen LogP contribution is -2.47. The van der Waals surface area contributed by atoms with E-state index in [-0.39, 0.29) is 4.90 Å². The zero-order valence-corrected chi connectivity index (χ0v) is 11.9. The largest absolute Gasteiger partial charge is 0.399 e. The van der Waals surface area contributed by atoms with Gasteiger partial charge < -0.3 is 15.2 Å². The molecule has 20 heavy (non-hydrogen) atoms. The molecule has 110 valence electrons. The lowest BCUT2D eigenvalue weighted by atomic mass is 10.1. The molecule has 0 aliphatic carbocycles. The molecule has 0 unspecified atom stereocenters. The SMILES string of the molecule is Nc1cccc(S(=O)(=O)N2CCC3(CC2)OCCO3)c1. The maximum Gasteiger partial charge on any atom is 0.243 e. The second-order valence-electron chi connectivity index (χ2n) is 5.08. The Morgan fingerprint density at radius 3 is 2.40 bits per heavy atom. The van der Waals surface area contributed by atoms with E-state index in [1.54, 1.807) is 18.2 Å². The first-order valence-electron chi connectivity index (χ1n) is 6.66. The van der Waals surface area contributed by atoms with Crippen LogP contribution < -0.4 is 5.73 Å². The summed E-state index contributed by atoms with van der Waals surface area (Å²) in [6.45, 7) is 1.97. The van der Waals surface area contributed by atoms with Crippen LogP contribution in [0.4, 0.5) is 5.69 Å². The molecule has 2 aliphatic rings. The number of rotatable bonds is 2. The molecule has 0 bridgehead atoms. The van der Waals surface area contributed by atoms with Crippen molar-refractivity contribution >= 4 is 15.7 Å². The highest BCUT2D eigenvalue weighted by atomic mass is 32.2. The number of nitrogens with two attached hydrogens (primary N) is 1. The summed E-state index contributed by atoms with van der Waals surface area (Å²) >= 11 is 0. The van der Waals surface area contributed by atoms with E-state index in [2.05, 4.69) is 0 Å². The van der Waals surface area contributed by atoms with Crippen molar-refractivity contribution < 1.29 is 17.9 Å². The third-order valence-corrected chi connectivity index (χ3v) is 5.69. The normalized spacial score (nSPS) is 23.2. The van der Waals surface area contributed by atoms with Gasteiger partial charge in [-0.2, -0.15) is 4.31 Å². The molecule has 2 heterocycles. The quantitative estimate of drug-likeness (QED) is 0.817. The first kappa shape index (κ1) is 13.8. The van der Waals surface area contributed by atoms with Crippen LogP contribution in [0.25, 0.3) is 0 Å². The zero-order chi connectivity index (χ0) is 14.2. The van der Waals surface area contributed by atoms with Gasteiger partial charge in [0.2, 0.25) is 10.0 Å². The van der Waals surface area contributed by atoms with Crippen molar-refractivity contribution in [1.29, 1.82) is 0 Å². The van der Waals surface area contributed by atoms with Crippen LogP contribution in [-0.4, -0.2) is 44.8 Å². The summed E-state index contributed by atoms with van der Waals surface area (Å²) in [5.41, 5.74) is 6.10. The maximum absolute atomic E-state index is 12.5.